The first kappa shape index (κ1) is 12.1. The number of carbonyl (C=O) groups excluding carboxylic acids is 1. The number of carbonyl (C=O) groups is 2. The number of aliphatic carboxylic acids is 1. The minimum atomic E-state index is -0.966. The second-order valence-corrected chi connectivity index (χ2v) is 3.25. The standard InChI is InChI=1S/C10H18O3/c1-3-5-7-8(10(12)13)9(11)6-4-2/h8H,3-7H2,1-2H3,(H,12,13). The van der Waals surface area contributed by atoms with Gasteiger partial charge in [-0.2, -0.15) is 0 Å². The molecule has 76 valence electrons. The van der Waals surface area contributed by atoms with E-state index in [1.165, 1.54) is 0 Å². The highest BCUT2D eigenvalue weighted by molar-refractivity contribution is 5.98. The maximum absolute atomic E-state index is 11.3. The molecule has 0 amide bonds. The van der Waals surface area contributed by atoms with Crippen molar-refractivity contribution < 1.29 is 14.7 Å². The lowest BCUT2D eigenvalue weighted by molar-refractivity contribution is -0.146. The van der Waals surface area contributed by atoms with E-state index in [4.69, 9.17) is 5.11 Å². The number of carboxylic acids is 1. The molecule has 1 unspecified atom stereocenters. The second-order valence-electron chi connectivity index (χ2n) is 3.25. The van der Waals surface area contributed by atoms with Gasteiger partial charge in [0.25, 0.3) is 0 Å². The predicted octanol–water partition coefficient (Wildman–Crippen LogP) is 2.25. The fraction of sp³-hybridized carbons (Fsp3) is 0.800. The lowest BCUT2D eigenvalue weighted by Gasteiger charge is -2.09. The fourth-order valence-electron chi connectivity index (χ4n) is 1.25. The molecule has 0 aromatic heterocycles. The van der Waals surface area contributed by atoms with Gasteiger partial charge in [0.2, 0.25) is 0 Å². The summed E-state index contributed by atoms with van der Waals surface area (Å²) in [4.78, 5) is 22.0. The molecule has 0 fully saturated rings. The minimum Gasteiger partial charge on any atom is -0.481 e. The molecule has 0 aromatic carbocycles. The molecule has 0 rings (SSSR count). The van der Waals surface area contributed by atoms with Gasteiger partial charge in [0.15, 0.2) is 0 Å². The third kappa shape index (κ3) is 4.65. The molecule has 0 bridgehead atoms. The Morgan fingerprint density at radius 3 is 2.23 bits per heavy atom. The van der Waals surface area contributed by atoms with Crippen molar-refractivity contribution in [3.63, 3.8) is 0 Å². The zero-order valence-corrected chi connectivity index (χ0v) is 8.38. The van der Waals surface area contributed by atoms with Crippen molar-refractivity contribution in [3.05, 3.63) is 0 Å². The molecule has 3 nitrogen and oxygen atoms in total. The molecule has 0 radical (unpaired) electrons. The van der Waals surface area contributed by atoms with E-state index in [9.17, 15) is 9.59 Å². The van der Waals surface area contributed by atoms with E-state index >= 15 is 0 Å². The zero-order valence-electron chi connectivity index (χ0n) is 8.38. The van der Waals surface area contributed by atoms with E-state index in [0.717, 1.165) is 19.3 Å². The summed E-state index contributed by atoms with van der Waals surface area (Å²) in [5.41, 5.74) is 0. The van der Waals surface area contributed by atoms with E-state index in [0.29, 0.717) is 12.8 Å². The monoisotopic (exact) mass is 186 g/mol. The van der Waals surface area contributed by atoms with Crippen molar-refractivity contribution >= 4 is 11.8 Å². The van der Waals surface area contributed by atoms with Crippen molar-refractivity contribution in [1.29, 1.82) is 0 Å². The number of ketones is 1. The van der Waals surface area contributed by atoms with Crippen molar-refractivity contribution in [3.8, 4) is 0 Å². The van der Waals surface area contributed by atoms with Crippen LogP contribution < -0.4 is 0 Å². The van der Waals surface area contributed by atoms with Crippen molar-refractivity contribution in [2.45, 2.75) is 46.0 Å². The van der Waals surface area contributed by atoms with Gasteiger partial charge in [0, 0.05) is 6.42 Å². The van der Waals surface area contributed by atoms with Gasteiger partial charge in [-0.05, 0) is 12.8 Å². The molecule has 0 saturated carbocycles. The molecule has 13 heavy (non-hydrogen) atoms. The van der Waals surface area contributed by atoms with Gasteiger partial charge in [-0.1, -0.05) is 26.7 Å². The Morgan fingerprint density at radius 1 is 1.23 bits per heavy atom. The largest absolute Gasteiger partial charge is 0.481 e. The van der Waals surface area contributed by atoms with Crippen LogP contribution in [-0.2, 0) is 9.59 Å². The number of hydrogen-bond donors (Lipinski definition) is 1. The minimum absolute atomic E-state index is 0.122. The molecule has 1 N–H and O–H groups in total. The molecule has 3 heteroatoms. The second kappa shape index (κ2) is 6.63. The number of hydrogen-bond acceptors (Lipinski definition) is 2. The van der Waals surface area contributed by atoms with Gasteiger partial charge in [0.05, 0.1) is 0 Å². The molecular weight excluding hydrogens is 168 g/mol. The lowest BCUT2D eigenvalue weighted by atomic mass is 9.95. The Morgan fingerprint density at radius 2 is 1.85 bits per heavy atom. The topological polar surface area (TPSA) is 54.4 Å². The summed E-state index contributed by atoms with van der Waals surface area (Å²) >= 11 is 0. The van der Waals surface area contributed by atoms with Crippen LogP contribution in [0.25, 0.3) is 0 Å². The summed E-state index contributed by atoms with van der Waals surface area (Å²) in [6.45, 7) is 3.87. The summed E-state index contributed by atoms with van der Waals surface area (Å²) in [6, 6.07) is 0. The molecule has 0 saturated heterocycles. The summed E-state index contributed by atoms with van der Waals surface area (Å²) in [5, 5.41) is 8.78. The number of rotatable bonds is 7. The van der Waals surface area contributed by atoms with Crippen LogP contribution in [0.4, 0.5) is 0 Å². The highest BCUT2D eigenvalue weighted by Gasteiger charge is 2.23. The Labute approximate surface area is 79.1 Å². The molecule has 0 aromatic rings. The molecule has 1 atom stereocenters. The van der Waals surface area contributed by atoms with Gasteiger partial charge in [-0.3, -0.25) is 9.59 Å². The van der Waals surface area contributed by atoms with E-state index < -0.39 is 11.9 Å². The van der Waals surface area contributed by atoms with Crippen molar-refractivity contribution in [1.82, 2.24) is 0 Å². The highest BCUT2D eigenvalue weighted by Crippen LogP contribution is 2.12. The average molecular weight is 186 g/mol. The number of carboxylic acid groups (broad SMARTS) is 1. The molecule has 0 spiro atoms. The molecule has 0 aliphatic rings. The first-order valence-electron chi connectivity index (χ1n) is 4.89. The van der Waals surface area contributed by atoms with Crippen molar-refractivity contribution in [2.24, 2.45) is 5.92 Å². The van der Waals surface area contributed by atoms with Gasteiger partial charge in [-0.15, -0.1) is 0 Å². The van der Waals surface area contributed by atoms with Crippen LogP contribution in [0.15, 0.2) is 0 Å². The third-order valence-corrected chi connectivity index (χ3v) is 2.03. The predicted molar refractivity (Wildman–Crippen MR) is 50.6 cm³/mol. The molecule has 0 heterocycles. The maximum Gasteiger partial charge on any atom is 0.314 e. The van der Waals surface area contributed by atoms with Crippen LogP contribution in [0, 0.1) is 5.92 Å². The van der Waals surface area contributed by atoms with Gasteiger partial charge in [0.1, 0.15) is 11.7 Å². The summed E-state index contributed by atoms with van der Waals surface area (Å²) in [7, 11) is 0. The van der Waals surface area contributed by atoms with Crippen LogP contribution >= 0.6 is 0 Å². The molecule has 0 aliphatic heterocycles. The number of Topliss-reactive ketones (excluding diaryl/α,β-unsaturated/α-hetero) is 1. The van der Waals surface area contributed by atoms with E-state index in [2.05, 4.69) is 0 Å². The maximum atomic E-state index is 11.3. The summed E-state index contributed by atoms with van der Waals surface area (Å²) < 4.78 is 0. The van der Waals surface area contributed by atoms with Gasteiger partial charge in [-0.25, -0.2) is 0 Å². The van der Waals surface area contributed by atoms with Crippen LogP contribution in [0.5, 0.6) is 0 Å². The SMILES string of the molecule is CCCCC(C(=O)O)C(=O)CCC. The Kier molecular flexibility index (Phi) is 6.20. The van der Waals surface area contributed by atoms with Gasteiger partial charge < -0.3 is 5.11 Å². The molecule has 0 aliphatic carbocycles. The van der Waals surface area contributed by atoms with Crippen LogP contribution in [0.1, 0.15) is 46.0 Å². The van der Waals surface area contributed by atoms with Crippen molar-refractivity contribution in [2.75, 3.05) is 0 Å². The Bertz CT molecular complexity index is 175. The van der Waals surface area contributed by atoms with Crippen LogP contribution in [-0.4, -0.2) is 16.9 Å². The highest BCUT2D eigenvalue weighted by atomic mass is 16.4. The third-order valence-electron chi connectivity index (χ3n) is 2.03. The van der Waals surface area contributed by atoms with E-state index in [-0.39, 0.29) is 5.78 Å². The molecular formula is C10H18O3. The summed E-state index contributed by atoms with van der Waals surface area (Å²) in [5.74, 6) is -1.85. The fourth-order valence-corrected chi connectivity index (χ4v) is 1.25. The van der Waals surface area contributed by atoms with Gasteiger partial charge >= 0.3 is 5.97 Å². The smallest absolute Gasteiger partial charge is 0.314 e. The first-order valence-corrected chi connectivity index (χ1v) is 4.89. The van der Waals surface area contributed by atoms with E-state index in [1.807, 2.05) is 13.8 Å². The first-order chi connectivity index (χ1) is 6.13. The Balaban J connectivity index is 4.07. The van der Waals surface area contributed by atoms with E-state index in [1.54, 1.807) is 0 Å². The zero-order chi connectivity index (χ0) is 10.3. The summed E-state index contributed by atoms with van der Waals surface area (Å²) in [6.07, 6.45) is 3.36. The normalized spacial score (nSPS) is 12.5. The lowest BCUT2D eigenvalue weighted by Crippen LogP contribution is -2.23. The van der Waals surface area contributed by atoms with Crippen LogP contribution in [0.2, 0.25) is 0 Å². The number of unbranched alkanes of at least 4 members (excludes halogenated alkanes) is 1. The van der Waals surface area contributed by atoms with Crippen LogP contribution in [0.3, 0.4) is 0 Å². The average Bonchev–Trinajstić information content (AvgIpc) is 2.05. The Hall–Kier alpha value is -0.860. The quantitative estimate of drug-likeness (QED) is 0.620.